The third-order valence-electron chi connectivity index (χ3n) is 2.43. The van der Waals surface area contributed by atoms with E-state index in [9.17, 15) is 22.4 Å². The average Bonchev–Trinajstić information content (AvgIpc) is 2.38. The van der Waals surface area contributed by atoms with Gasteiger partial charge in [-0.25, -0.2) is 17.6 Å². The average molecular weight is 290 g/mol. The molecule has 7 heteroatoms. The Morgan fingerprint density at radius 1 is 0.947 bits per heavy atom. The minimum Gasteiger partial charge on any atom is -0.275 e. The van der Waals surface area contributed by atoms with E-state index in [2.05, 4.69) is 4.98 Å². The van der Waals surface area contributed by atoms with Crippen molar-refractivity contribution in [3.05, 3.63) is 53.4 Å². The first-order valence-corrected chi connectivity index (χ1v) is 5.29. The molecule has 1 aromatic heterocycles. The summed E-state index contributed by atoms with van der Waals surface area (Å²) in [5, 5.41) is -1.62. The lowest BCUT2D eigenvalue weighted by atomic mass is 10.0. The van der Waals surface area contributed by atoms with Gasteiger partial charge in [0.05, 0.1) is 5.56 Å². The Morgan fingerprint density at radius 2 is 1.42 bits per heavy atom. The van der Waals surface area contributed by atoms with E-state index in [-0.39, 0.29) is 5.56 Å². The maximum Gasteiger partial charge on any atom is 0.258 e. The van der Waals surface area contributed by atoms with Crippen molar-refractivity contribution in [3.8, 4) is 11.1 Å². The molecule has 0 N–H and O–H groups in total. The number of carbonyl (C=O) groups is 1. The summed E-state index contributed by atoms with van der Waals surface area (Å²) in [6.45, 7) is 0. The van der Waals surface area contributed by atoms with Crippen LogP contribution in [0.15, 0.2) is 24.5 Å². The molecule has 0 aliphatic rings. The van der Waals surface area contributed by atoms with E-state index >= 15 is 0 Å². The lowest BCUT2D eigenvalue weighted by Gasteiger charge is -2.09. The number of hydrogen-bond acceptors (Lipinski definition) is 2. The molecule has 0 aliphatic heterocycles. The number of benzene rings is 1. The summed E-state index contributed by atoms with van der Waals surface area (Å²) in [5.41, 5.74) is -2.48. The van der Waals surface area contributed by atoms with Gasteiger partial charge in [0, 0.05) is 12.4 Å². The van der Waals surface area contributed by atoms with Crippen LogP contribution in [0.2, 0.25) is 0 Å². The quantitative estimate of drug-likeness (QED) is 0.479. The molecule has 19 heavy (non-hydrogen) atoms. The van der Waals surface area contributed by atoms with Gasteiger partial charge in [0.25, 0.3) is 5.24 Å². The number of rotatable bonds is 2. The molecule has 0 unspecified atom stereocenters. The molecular weight excluding hydrogens is 286 g/mol. The normalized spacial score (nSPS) is 10.6. The minimum atomic E-state index is -1.83. The summed E-state index contributed by atoms with van der Waals surface area (Å²) in [6, 6.07) is 2.34. The van der Waals surface area contributed by atoms with Crippen LogP contribution in [0.4, 0.5) is 17.6 Å². The Bertz CT molecular complexity index is 632. The predicted molar refractivity (Wildman–Crippen MR) is 59.7 cm³/mol. The van der Waals surface area contributed by atoms with Gasteiger partial charge in [0.15, 0.2) is 23.3 Å². The van der Waals surface area contributed by atoms with Crippen molar-refractivity contribution in [1.29, 1.82) is 0 Å². The molecule has 0 bridgehead atoms. The fourth-order valence-electron chi connectivity index (χ4n) is 1.58. The van der Waals surface area contributed by atoms with E-state index in [1.807, 2.05) is 0 Å². The maximum atomic E-state index is 13.7. The predicted octanol–water partition coefficient (Wildman–Crippen LogP) is 3.68. The number of aromatic nitrogens is 1. The number of hydrogen-bond donors (Lipinski definition) is 0. The molecule has 1 heterocycles. The van der Waals surface area contributed by atoms with Crippen LogP contribution in [-0.4, -0.2) is 10.2 Å². The molecule has 0 radical (unpaired) electrons. The zero-order valence-electron chi connectivity index (χ0n) is 9.05. The minimum absolute atomic E-state index is 0.114. The van der Waals surface area contributed by atoms with Crippen LogP contribution < -0.4 is 0 Å². The maximum absolute atomic E-state index is 13.7. The third kappa shape index (κ3) is 2.19. The van der Waals surface area contributed by atoms with E-state index < -0.39 is 39.6 Å². The first-order chi connectivity index (χ1) is 8.95. The first kappa shape index (κ1) is 13.5. The number of halogens is 5. The van der Waals surface area contributed by atoms with E-state index in [4.69, 9.17) is 11.6 Å². The third-order valence-corrected chi connectivity index (χ3v) is 2.62. The Hall–Kier alpha value is -1.95. The van der Waals surface area contributed by atoms with Gasteiger partial charge in [-0.15, -0.1) is 0 Å². The fourth-order valence-corrected chi connectivity index (χ4v) is 1.74. The van der Waals surface area contributed by atoms with Crippen molar-refractivity contribution in [2.45, 2.75) is 0 Å². The number of nitrogens with zero attached hydrogens (tertiary/aromatic N) is 1. The fraction of sp³-hybridized carbons (Fsp3) is 0. The molecule has 0 saturated heterocycles. The molecule has 0 aliphatic carbocycles. The molecule has 0 atom stereocenters. The van der Waals surface area contributed by atoms with Crippen molar-refractivity contribution in [1.82, 2.24) is 4.98 Å². The summed E-state index contributed by atoms with van der Waals surface area (Å²) >= 11 is 4.89. The van der Waals surface area contributed by atoms with Crippen molar-refractivity contribution in [2.24, 2.45) is 0 Å². The highest BCUT2D eigenvalue weighted by atomic mass is 35.5. The van der Waals surface area contributed by atoms with Crippen molar-refractivity contribution < 1.29 is 22.4 Å². The van der Waals surface area contributed by atoms with Crippen LogP contribution >= 0.6 is 11.6 Å². The molecule has 2 aromatic rings. The van der Waals surface area contributed by atoms with Crippen LogP contribution in [0.5, 0.6) is 0 Å². The zero-order valence-corrected chi connectivity index (χ0v) is 9.81. The molecule has 0 fully saturated rings. The Balaban J connectivity index is 2.82. The highest BCUT2D eigenvalue weighted by Crippen LogP contribution is 2.32. The molecule has 0 saturated carbocycles. The van der Waals surface area contributed by atoms with Crippen LogP contribution in [0, 0.1) is 23.3 Å². The molecule has 0 spiro atoms. The van der Waals surface area contributed by atoms with Gasteiger partial charge in [-0.05, 0) is 29.3 Å². The summed E-state index contributed by atoms with van der Waals surface area (Å²) in [7, 11) is 0. The second-order valence-electron chi connectivity index (χ2n) is 3.52. The topological polar surface area (TPSA) is 30.0 Å². The van der Waals surface area contributed by atoms with Crippen LogP contribution in [0.1, 0.15) is 10.4 Å². The second kappa shape index (κ2) is 4.97. The van der Waals surface area contributed by atoms with Gasteiger partial charge in [-0.1, -0.05) is 0 Å². The van der Waals surface area contributed by atoms with Gasteiger partial charge in [0.2, 0.25) is 0 Å². The van der Waals surface area contributed by atoms with Crippen molar-refractivity contribution >= 4 is 16.8 Å². The van der Waals surface area contributed by atoms with Gasteiger partial charge < -0.3 is 0 Å². The monoisotopic (exact) mass is 289 g/mol. The number of pyridine rings is 1. The molecule has 0 amide bonds. The molecule has 2 nitrogen and oxygen atoms in total. The second-order valence-corrected chi connectivity index (χ2v) is 3.86. The molecule has 1 aromatic carbocycles. The lowest BCUT2D eigenvalue weighted by molar-refractivity contribution is 0.107. The summed E-state index contributed by atoms with van der Waals surface area (Å²) < 4.78 is 54.5. The molecule has 2 rings (SSSR count). The van der Waals surface area contributed by atoms with Crippen LogP contribution in [0.25, 0.3) is 11.1 Å². The highest BCUT2D eigenvalue weighted by molar-refractivity contribution is 6.67. The lowest BCUT2D eigenvalue weighted by Crippen LogP contribution is -2.08. The van der Waals surface area contributed by atoms with E-state index in [0.717, 1.165) is 0 Å². The summed E-state index contributed by atoms with van der Waals surface area (Å²) in [5.74, 6) is -7.03. The van der Waals surface area contributed by atoms with E-state index in [1.165, 1.54) is 24.5 Å². The highest BCUT2D eigenvalue weighted by Gasteiger charge is 2.29. The van der Waals surface area contributed by atoms with Gasteiger partial charge in [-0.3, -0.25) is 9.78 Å². The van der Waals surface area contributed by atoms with Gasteiger partial charge >= 0.3 is 0 Å². The summed E-state index contributed by atoms with van der Waals surface area (Å²) in [6.07, 6.45) is 2.40. The van der Waals surface area contributed by atoms with Crippen molar-refractivity contribution in [3.63, 3.8) is 0 Å². The van der Waals surface area contributed by atoms with Crippen LogP contribution in [-0.2, 0) is 0 Å². The number of carbonyl (C=O) groups excluding carboxylic acids is 1. The van der Waals surface area contributed by atoms with Crippen molar-refractivity contribution in [2.75, 3.05) is 0 Å². The molecular formula is C12H4ClF4NO. The largest absolute Gasteiger partial charge is 0.275 e. The van der Waals surface area contributed by atoms with Gasteiger partial charge in [-0.2, -0.15) is 0 Å². The Kier molecular flexibility index (Phi) is 3.53. The summed E-state index contributed by atoms with van der Waals surface area (Å²) in [4.78, 5) is 14.4. The zero-order chi connectivity index (χ0) is 14.2. The smallest absolute Gasteiger partial charge is 0.258 e. The SMILES string of the molecule is O=C(Cl)c1c(F)c(F)c(-c2ccncc2)c(F)c1F. The Labute approximate surface area is 109 Å². The van der Waals surface area contributed by atoms with Crippen LogP contribution in [0.3, 0.4) is 0 Å². The Morgan fingerprint density at radius 3 is 1.84 bits per heavy atom. The van der Waals surface area contributed by atoms with E-state index in [1.54, 1.807) is 0 Å². The molecule has 98 valence electrons. The first-order valence-electron chi connectivity index (χ1n) is 4.91. The van der Waals surface area contributed by atoms with Gasteiger partial charge in [0.1, 0.15) is 5.56 Å². The van der Waals surface area contributed by atoms with E-state index in [0.29, 0.717) is 0 Å². The standard InChI is InChI=1S/C12H4ClF4NO/c13-12(19)7-10(16)8(14)6(9(15)11(7)17)5-1-3-18-4-2-5/h1-4H.